The lowest BCUT2D eigenvalue weighted by atomic mass is 9.98. The van der Waals surface area contributed by atoms with E-state index in [0.29, 0.717) is 12.5 Å². The number of hydrogen-bond acceptors (Lipinski definition) is 6. The Kier molecular flexibility index (Phi) is 5.82. The molecule has 0 aliphatic carbocycles. The van der Waals surface area contributed by atoms with Crippen LogP contribution >= 0.6 is 0 Å². The van der Waals surface area contributed by atoms with Gasteiger partial charge in [-0.15, -0.1) is 5.10 Å². The highest BCUT2D eigenvalue weighted by Crippen LogP contribution is 2.28. The zero-order valence-electron chi connectivity index (χ0n) is 15.7. The van der Waals surface area contributed by atoms with Crippen molar-refractivity contribution in [1.29, 1.82) is 0 Å². The lowest BCUT2D eigenvalue weighted by Crippen LogP contribution is -2.36. The maximum Gasteiger partial charge on any atom is 0.100 e. The molecule has 3 rings (SSSR count). The van der Waals surface area contributed by atoms with Crippen molar-refractivity contribution in [2.75, 3.05) is 40.4 Å². The van der Waals surface area contributed by atoms with Gasteiger partial charge < -0.3 is 9.64 Å². The highest BCUT2D eigenvalue weighted by molar-refractivity contribution is 5.20. The Morgan fingerprint density at radius 2 is 2.20 bits per heavy atom. The van der Waals surface area contributed by atoms with Gasteiger partial charge in [0, 0.05) is 57.4 Å². The van der Waals surface area contributed by atoms with Crippen molar-refractivity contribution in [3.63, 3.8) is 0 Å². The molecule has 2 aromatic rings. The molecule has 8 heteroatoms. The second-order valence-electron chi connectivity index (χ2n) is 7.00. The third kappa shape index (κ3) is 4.45. The Balaban J connectivity index is 1.69. The molecule has 138 valence electrons. The second-order valence-corrected chi connectivity index (χ2v) is 7.00. The van der Waals surface area contributed by atoms with E-state index < -0.39 is 0 Å². The quantitative estimate of drug-likeness (QED) is 0.656. The summed E-state index contributed by atoms with van der Waals surface area (Å²) in [5.41, 5.74) is 3.55. The summed E-state index contributed by atoms with van der Waals surface area (Å²) in [6.45, 7) is 8.01. The highest BCUT2D eigenvalue weighted by atomic mass is 16.5. The highest BCUT2D eigenvalue weighted by Gasteiger charge is 2.30. The molecular weight excluding hydrogens is 318 g/mol. The van der Waals surface area contributed by atoms with E-state index in [-0.39, 0.29) is 0 Å². The molecule has 1 aliphatic rings. The van der Waals surface area contributed by atoms with Gasteiger partial charge >= 0.3 is 0 Å². The van der Waals surface area contributed by atoms with Crippen LogP contribution in [0.25, 0.3) is 0 Å². The van der Waals surface area contributed by atoms with Gasteiger partial charge in [0.25, 0.3) is 0 Å². The van der Waals surface area contributed by atoms with Gasteiger partial charge in [-0.1, -0.05) is 5.21 Å². The van der Waals surface area contributed by atoms with Crippen molar-refractivity contribution in [3.05, 3.63) is 29.3 Å². The number of hydrogen-bond donors (Lipinski definition) is 0. The van der Waals surface area contributed by atoms with E-state index in [1.165, 1.54) is 11.3 Å². The third-order valence-corrected chi connectivity index (χ3v) is 4.55. The minimum atomic E-state index is 0.303. The molecule has 0 amide bonds. The molecule has 0 radical (unpaired) electrons. The van der Waals surface area contributed by atoms with Crippen molar-refractivity contribution in [3.8, 4) is 0 Å². The molecule has 1 unspecified atom stereocenters. The predicted octanol–water partition coefficient (Wildman–Crippen LogP) is 0.709. The van der Waals surface area contributed by atoms with E-state index in [9.17, 15) is 0 Å². The molecular formula is C17H29N7O. The van der Waals surface area contributed by atoms with Gasteiger partial charge in [0.05, 0.1) is 25.1 Å². The van der Waals surface area contributed by atoms with E-state index in [4.69, 9.17) is 4.74 Å². The number of likely N-dealkylation sites (N-methyl/N-ethyl adjacent to an activating group) is 1. The van der Waals surface area contributed by atoms with E-state index in [1.54, 1.807) is 0 Å². The summed E-state index contributed by atoms with van der Waals surface area (Å²) >= 11 is 0. The molecule has 0 saturated carbocycles. The van der Waals surface area contributed by atoms with Crippen molar-refractivity contribution in [1.82, 2.24) is 34.6 Å². The van der Waals surface area contributed by atoms with Gasteiger partial charge in [0.1, 0.15) is 5.69 Å². The van der Waals surface area contributed by atoms with Crippen molar-refractivity contribution >= 4 is 0 Å². The number of aromatic nitrogens is 5. The van der Waals surface area contributed by atoms with Gasteiger partial charge in [-0.25, -0.2) is 4.68 Å². The first kappa shape index (κ1) is 18.0. The first-order chi connectivity index (χ1) is 12.1. The summed E-state index contributed by atoms with van der Waals surface area (Å²) in [6, 6.07) is 0. The van der Waals surface area contributed by atoms with Gasteiger partial charge in [-0.3, -0.25) is 9.58 Å². The van der Waals surface area contributed by atoms with Crippen molar-refractivity contribution in [2.24, 2.45) is 7.05 Å². The summed E-state index contributed by atoms with van der Waals surface area (Å²) in [5.74, 6) is 0.303. The summed E-state index contributed by atoms with van der Waals surface area (Å²) in [7, 11) is 6.08. The molecule has 0 saturated heterocycles. The number of nitrogens with zero attached hydrogens (tertiary/aromatic N) is 7. The molecule has 8 nitrogen and oxygen atoms in total. The second kappa shape index (κ2) is 8.07. The Morgan fingerprint density at radius 3 is 2.88 bits per heavy atom. The molecule has 0 aromatic carbocycles. The standard InChI is InChI=1S/C17H29N7O/c1-5-24-17-15(13-25-7-6-21(2)3)11-23(12-16(17)19-20-24)10-14-8-18-22(4)9-14/h8-9,15H,5-7,10-13H2,1-4H3. The fraction of sp³-hybridized carbons (Fsp3) is 0.706. The average molecular weight is 347 g/mol. The number of aryl methyl sites for hydroxylation is 2. The molecule has 1 atom stereocenters. The zero-order valence-corrected chi connectivity index (χ0v) is 15.7. The van der Waals surface area contributed by atoms with Crippen LogP contribution in [0.4, 0.5) is 0 Å². The Bertz CT molecular complexity index is 678. The molecule has 0 fully saturated rings. The Labute approximate surface area is 149 Å². The van der Waals surface area contributed by atoms with Crippen molar-refractivity contribution in [2.45, 2.75) is 32.5 Å². The molecule has 0 bridgehead atoms. The minimum Gasteiger partial charge on any atom is -0.379 e. The van der Waals surface area contributed by atoms with Crippen LogP contribution in [0.5, 0.6) is 0 Å². The number of ether oxygens (including phenoxy) is 1. The smallest absolute Gasteiger partial charge is 0.100 e. The summed E-state index contributed by atoms with van der Waals surface area (Å²) in [5, 5.41) is 13.0. The van der Waals surface area contributed by atoms with Crippen LogP contribution in [0, 0.1) is 0 Å². The predicted molar refractivity (Wildman–Crippen MR) is 95.1 cm³/mol. The molecule has 2 aromatic heterocycles. The zero-order chi connectivity index (χ0) is 17.8. The van der Waals surface area contributed by atoms with Crippen LogP contribution in [-0.2, 0) is 31.4 Å². The van der Waals surface area contributed by atoms with E-state index in [2.05, 4.69) is 52.4 Å². The third-order valence-electron chi connectivity index (χ3n) is 4.55. The average Bonchev–Trinajstić information content (AvgIpc) is 3.17. The van der Waals surface area contributed by atoms with Crippen LogP contribution in [0.2, 0.25) is 0 Å². The number of fused-ring (bicyclic) bond motifs is 1. The van der Waals surface area contributed by atoms with E-state index >= 15 is 0 Å². The summed E-state index contributed by atoms with van der Waals surface area (Å²) < 4.78 is 9.83. The fourth-order valence-corrected chi connectivity index (χ4v) is 3.36. The van der Waals surface area contributed by atoms with Crippen LogP contribution in [0.15, 0.2) is 12.4 Å². The molecule has 25 heavy (non-hydrogen) atoms. The summed E-state index contributed by atoms with van der Waals surface area (Å²) in [4.78, 5) is 4.55. The minimum absolute atomic E-state index is 0.303. The van der Waals surface area contributed by atoms with Crippen LogP contribution < -0.4 is 0 Å². The first-order valence-electron chi connectivity index (χ1n) is 8.91. The maximum absolute atomic E-state index is 5.96. The fourth-order valence-electron chi connectivity index (χ4n) is 3.36. The molecule has 3 heterocycles. The van der Waals surface area contributed by atoms with Gasteiger partial charge in [0.2, 0.25) is 0 Å². The van der Waals surface area contributed by atoms with Gasteiger partial charge in [-0.05, 0) is 21.0 Å². The lowest BCUT2D eigenvalue weighted by molar-refractivity contribution is 0.0832. The lowest BCUT2D eigenvalue weighted by Gasteiger charge is -2.32. The SMILES string of the molecule is CCn1nnc2c1C(COCCN(C)C)CN(Cc1cnn(C)c1)C2. The van der Waals surface area contributed by atoms with Crippen molar-refractivity contribution < 1.29 is 4.74 Å². The molecule has 1 aliphatic heterocycles. The Hall–Kier alpha value is -1.77. The van der Waals surface area contributed by atoms with E-state index in [1.807, 2.05) is 22.6 Å². The van der Waals surface area contributed by atoms with Gasteiger partial charge in [0.15, 0.2) is 0 Å². The summed E-state index contributed by atoms with van der Waals surface area (Å²) in [6.07, 6.45) is 4.00. The first-order valence-corrected chi connectivity index (χ1v) is 8.91. The van der Waals surface area contributed by atoms with Crippen LogP contribution in [-0.4, -0.2) is 75.0 Å². The molecule has 0 spiro atoms. The molecule has 0 N–H and O–H groups in total. The topological polar surface area (TPSA) is 64.2 Å². The van der Waals surface area contributed by atoms with E-state index in [0.717, 1.165) is 45.0 Å². The number of rotatable bonds is 8. The monoisotopic (exact) mass is 347 g/mol. The van der Waals surface area contributed by atoms with Gasteiger partial charge in [-0.2, -0.15) is 5.10 Å². The maximum atomic E-state index is 5.96. The van der Waals surface area contributed by atoms with Crippen LogP contribution in [0.3, 0.4) is 0 Å². The van der Waals surface area contributed by atoms with Crippen LogP contribution in [0.1, 0.15) is 29.8 Å². The Morgan fingerprint density at radius 1 is 1.36 bits per heavy atom. The normalized spacial score (nSPS) is 18.0. The largest absolute Gasteiger partial charge is 0.379 e.